The molecule has 2 aromatic heterocycles. The van der Waals surface area contributed by atoms with E-state index in [9.17, 15) is 8.42 Å². The van der Waals surface area contributed by atoms with Crippen molar-refractivity contribution in [1.82, 2.24) is 14.4 Å². The lowest BCUT2D eigenvalue weighted by molar-refractivity contribution is 0.178. The summed E-state index contributed by atoms with van der Waals surface area (Å²) in [6.45, 7) is 2.74. The number of nitrogens with two attached hydrogens (primary N) is 1. The van der Waals surface area contributed by atoms with Crippen LogP contribution in [0, 0.1) is 0 Å². The van der Waals surface area contributed by atoms with E-state index in [1.807, 2.05) is 23.6 Å². The van der Waals surface area contributed by atoms with E-state index >= 15 is 0 Å². The maximum atomic E-state index is 11.2. The van der Waals surface area contributed by atoms with Crippen LogP contribution >= 0.6 is 11.3 Å². The molecule has 0 bridgehead atoms. The predicted octanol–water partition coefficient (Wildman–Crippen LogP) is 0.724. The van der Waals surface area contributed by atoms with Crippen LogP contribution in [-0.4, -0.2) is 49.0 Å². The summed E-state index contributed by atoms with van der Waals surface area (Å²) >= 11 is 1.60. The Morgan fingerprint density at radius 1 is 1.33 bits per heavy atom. The van der Waals surface area contributed by atoms with Crippen LogP contribution in [-0.2, 0) is 16.8 Å². The van der Waals surface area contributed by atoms with Gasteiger partial charge in [-0.3, -0.25) is 4.90 Å². The first kappa shape index (κ1) is 14.7. The average molecular weight is 328 g/mol. The third-order valence-electron chi connectivity index (χ3n) is 3.40. The van der Waals surface area contributed by atoms with Crippen molar-refractivity contribution in [3.05, 3.63) is 29.3 Å². The number of hydrogen-bond acceptors (Lipinski definition) is 6. The maximum Gasteiger partial charge on any atom is 0.276 e. The Morgan fingerprint density at radius 2 is 2.10 bits per heavy atom. The molecule has 2 N–H and O–H groups in total. The van der Waals surface area contributed by atoms with Gasteiger partial charge in [0.1, 0.15) is 0 Å². The van der Waals surface area contributed by atoms with Crippen LogP contribution in [0.3, 0.4) is 0 Å². The highest BCUT2D eigenvalue weighted by atomic mass is 32.2. The molecule has 2 aromatic rings. The van der Waals surface area contributed by atoms with Gasteiger partial charge in [-0.2, -0.15) is 12.7 Å². The normalized spacial score (nSPS) is 18.1. The largest absolute Gasteiger partial charge is 0.355 e. The van der Waals surface area contributed by atoms with Gasteiger partial charge in [0.2, 0.25) is 0 Å². The SMILES string of the molecule is NS(=O)(=O)N1CCN(Cc2cc(-c3cccs3)on2)CC1. The van der Waals surface area contributed by atoms with E-state index in [4.69, 9.17) is 9.66 Å². The van der Waals surface area contributed by atoms with E-state index in [2.05, 4.69) is 10.1 Å². The van der Waals surface area contributed by atoms with Crippen molar-refractivity contribution in [3.63, 3.8) is 0 Å². The van der Waals surface area contributed by atoms with E-state index in [1.54, 1.807) is 11.3 Å². The first-order chi connectivity index (χ1) is 10.0. The van der Waals surface area contributed by atoms with Gasteiger partial charge in [0.05, 0.1) is 10.6 Å². The minimum Gasteiger partial charge on any atom is -0.355 e. The zero-order valence-electron chi connectivity index (χ0n) is 11.3. The molecule has 0 radical (unpaired) electrons. The van der Waals surface area contributed by atoms with Gasteiger partial charge in [-0.1, -0.05) is 11.2 Å². The fourth-order valence-corrected chi connectivity index (χ4v) is 3.64. The summed E-state index contributed by atoms with van der Waals surface area (Å²) < 4.78 is 29.1. The molecule has 21 heavy (non-hydrogen) atoms. The summed E-state index contributed by atoms with van der Waals surface area (Å²) in [5.41, 5.74) is 0.849. The van der Waals surface area contributed by atoms with Crippen molar-refractivity contribution in [1.29, 1.82) is 0 Å². The fourth-order valence-electron chi connectivity index (χ4n) is 2.29. The Bertz CT molecular complexity index is 688. The molecule has 1 saturated heterocycles. The highest BCUT2D eigenvalue weighted by Gasteiger charge is 2.24. The molecule has 0 unspecified atom stereocenters. The zero-order chi connectivity index (χ0) is 14.9. The number of piperazine rings is 1. The van der Waals surface area contributed by atoms with Gasteiger partial charge in [0.25, 0.3) is 10.2 Å². The minimum atomic E-state index is -3.57. The third kappa shape index (κ3) is 3.50. The molecule has 9 heteroatoms. The summed E-state index contributed by atoms with van der Waals surface area (Å²) in [5.74, 6) is 0.767. The molecule has 1 aliphatic rings. The standard InChI is InChI=1S/C12H16N4O3S2/c13-21(17,18)16-5-3-15(4-6-16)9-10-8-11(19-14-10)12-2-1-7-20-12/h1-2,7-8H,3-6,9H2,(H2,13,17,18). The zero-order valence-corrected chi connectivity index (χ0v) is 12.9. The van der Waals surface area contributed by atoms with Crippen LogP contribution < -0.4 is 5.14 Å². The van der Waals surface area contributed by atoms with Crippen molar-refractivity contribution in [2.75, 3.05) is 26.2 Å². The number of thiophene rings is 1. The number of hydrogen-bond donors (Lipinski definition) is 1. The predicted molar refractivity (Wildman–Crippen MR) is 79.8 cm³/mol. The summed E-state index contributed by atoms with van der Waals surface area (Å²) in [4.78, 5) is 3.19. The molecule has 0 atom stereocenters. The lowest BCUT2D eigenvalue weighted by atomic mass is 10.3. The number of rotatable bonds is 4. The molecule has 7 nitrogen and oxygen atoms in total. The van der Waals surface area contributed by atoms with Crippen molar-refractivity contribution < 1.29 is 12.9 Å². The average Bonchev–Trinajstić information content (AvgIpc) is 3.08. The second-order valence-corrected chi connectivity index (χ2v) is 7.37. The molecule has 0 aliphatic carbocycles. The molecule has 114 valence electrons. The van der Waals surface area contributed by atoms with Gasteiger partial charge >= 0.3 is 0 Å². The maximum absolute atomic E-state index is 11.2. The van der Waals surface area contributed by atoms with Crippen LogP contribution in [0.5, 0.6) is 0 Å². The third-order valence-corrected chi connectivity index (χ3v) is 5.37. The minimum absolute atomic E-state index is 0.411. The van der Waals surface area contributed by atoms with Gasteiger partial charge in [0, 0.05) is 38.8 Å². The molecule has 3 heterocycles. The van der Waals surface area contributed by atoms with Crippen LogP contribution in [0.1, 0.15) is 5.69 Å². The summed E-state index contributed by atoms with van der Waals surface area (Å²) in [6, 6.07) is 5.88. The van der Waals surface area contributed by atoms with Crippen LogP contribution in [0.25, 0.3) is 10.6 Å². The van der Waals surface area contributed by atoms with E-state index in [0.717, 1.165) is 16.3 Å². The molecule has 0 spiro atoms. The molecule has 1 fully saturated rings. The Kier molecular flexibility index (Phi) is 4.09. The summed E-state index contributed by atoms with van der Waals surface area (Å²) in [7, 11) is -3.57. The van der Waals surface area contributed by atoms with Crippen molar-refractivity contribution in [2.45, 2.75) is 6.54 Å². The molecule has 1 aliphatic heterocycles. The van der Waals surface area contributed by atoms with Gasteiger partial charge < -0.3 is 4.52 Å². The molecule has 3 rings (SSSR count). The van der Waals surface area contributed by atoms with Gasteiger partial charge in [0.15, 0.2) is 5.76 Å². The Morgan fingerprint density at radius 3 is 2.71 bits per heavy atom. The first-order valence-electron chi connectivity index (χ1n) is 6.52. The van der Waals surface area contributed by atoms with Crippen LogP contribution in [0.15, 0.2) is 28.1 Å². The lowest BCUT2D eigenvalue weighted by Gasteiger charge is -2.32. The molecular formula is C12H16N4O3S2. The lowest BCUT2D eigenvalue weighted by Crippen LogP contribution is -2.50. The molecule has 0 aromatic carbocycles. The van der Waals surface area contributed by atoms with E-state index in [-0.39, 0.29) is 0 Å². The quantitative estimate of drug-likeness (QED) is 0.893. The Labute approximate surface area is 127 Å². The molecular weight excluding hydrogens is 312 g/mol. The van der Waals surface area contributed by atoms with Gasteiger partial charge in [-0.25, -0.2) is 5.14 Å². The summed E-state index contributed by atoms with van der Waals surface area (Å²) in [5, 5.41) is 11.2. The van der Waals surface area contributed by atoms with Crippen molar-refractivity contribution in [3.8, 4) is 10.6 Å². The molecule has 0 amide bonds. The van der Waals surface area contributed by atoms with Crippen LogP contribution in [0.2, 0.25) is 0 Å². The van der Waals surface area contributed by atoms with Crippen molar-refractivity contribution in [2.24, 2.45) is 5.14 Å². The van der Waals surface area contributed by atoms with E-state index in [1.165, 1.54) is 4.31 Å². The van der Waals surface area contributed by atoms with Crippen LogP contribution in [0.4, 0.5) is 0 Å². The second kappa shape index (κ2) is 5.85. The number of aromatic nitrogens is 1. The highest BCUT2D eigenvalue weighted by molar-refractivity contribution is 7.86. The Balaban J connectivity index is 1.59. The monoisotopic (exact) mass is 328 g/mol. The van der Waals surface area contributed by atoms with E-state index in [0.29, 0.717) is 32.7 Å². The Hall–Kier alpha value is -1.26. The molecule has 0 saturated carbocycles. The highest BCUT2D eigenvalue weighted by Crippen LogP contribution is 2.25. The second-order valence-electron chi connectivity index (χ2n) is 4.88. The van der Waals surface area contributed by atoms with E-state index < -0.39 is 10.2 Å². The number of nitrogens with zero attached hydrogens (tertiary/aromatic N) is 3. The van der Waals surface area contributed by atoms with Gasteiger partial charge in [-0.05, 0) is 11.4 Å². The van der Waals surface area contributed by atoms with Gasteiger partial charge in [-0.15, -0.1) is 11.3 Å². The topological polar surface area (TPSA) is 92.7 Å². The smallest absolute Gasteiger partial charge is 0.276 e. The fraction of sp³-hybridized carbons (Fsp3) is 0.417. The summed E-state index contributed by atoms with van der Waals surface area (Å²) in [6.07, 6.45) is 0. The van der Waals surface area contributed by atoms with Crippen molar-refractivity contribution >= 4 is 21.5 Å². The first-order valence-corrected chi connectivity index (χ1v) is 8.90.